The van der Waals surface area contributed by atoms with E-state index in [0.29, 0.717) is 0 Å². The maximum absolute atomic E-state index is 5.43. The highest BCUT2D eigenvalue weighted by atomic mass is 16.5. The molecule has 82 valence electrons. The highest BCUT2D eigenvalue weighted by Gasteiger charge is 2.02. The standard InChI is InChI=1S/C16H12O/c1-2-17-16-9-5-8-14-10-12-6-3-4-7-13(12)11-15(14)16/h2-11H,1H2. The second-order valence-corrected chi connectivity index (χ2v) is 3.96. The Balaban J connectivity index is 2.39. The highest BCUT2D eigenvalue weighted by Crippen LogP contribution is 2.29. The average molecular weight is 220 g/mol. The van der Waals surface area contributed by atoms with Gasteiger partial charge in [-0.3, -0.25) is 0 Å². The molecule has 0 saturated heterocycles. The van der Waals surface area contributed by atoms with Crippen molar-refractivity contribution in [3.05, 3.63) is 67.4 Å². The Labute approximate surface area is 99.9 Å². The Morgan fingerprint density at radius 1 is 0.824 bits per heavy atom. The Morgan fingerprint density at radius 3 is 2.29 bits per heavy atom. The van der Waals surface area contributed by atoms with Crippen LogP contribution in [0.15, 0.2) is 67.4 Å². The molecule has 0 fully saturated rings. The lowest BCUT2D eigenvalue weighted by atomic mass is 10.0. The highest BCUT2D eigenvalue weighted by molar-refractivity contribution is 6.00. The van der Waals surface area contributed by atoms with Gasteiger partial charge in [0.15, 0.2) is 0 Å². The van der Waals surface area contributed by atoms with Crippen LogP contribution in [-0.2, 0) is 0 Å². The summed E-state index contributed by atoms with van der Waals surface area (Å²) in [5, 5.41) is 4.77. The first kappa shape index (κ1) is 9.91. The smallest absolute Gasteiger partial charge is 0.134 e. The molecule has 0 N–H and O–H groups in total. The molecule has 0 amide bonds. The van der Waals surface area contributed by atoms with Crippen LogP contribution >= 0.6 is 0 Å². The van der Waals surface area contributed by atoms with Gasteiger partial charge >= 0.3 is 0 Å². The molecule has 3 aromatic carbocycles. The monoisotopic (exact) mass is 220 g/mol. The van der Waals surface area contributed by atoms with Crippen LogP contribution in [0.5, 0.6) is 5.75 Å². The summed E-state index contributed by atoms with van der Waals surface area (Å²) >= 11 is 0. The first-order valence-electron chi connectivity index (χ1n) is 5.57. The Hall–Kier alpha value is -2.28. The van der Waals surface area contributed by atoms with Crippen molar-refractivity contribution in [1.29, 1.82) is 0 Å². The molecule has 0 aliphatic carbocycles. The lowest BCUT2D eigenvalue weighted by Gasteiger charge is -2.07. The van der Waals surface area contributed by atoms with Crippen molar-refractivity contribution in [2.24, 2.45) is 0 Å². The molecule has 3 rings (SSSR count). The molecule has 1 heteroatoms. The van der Waals surface area contributed by atoms with Gasteiger partial charge in [-0.25, -0.2) is 0 Å². The number of hydrogen-bond donors (Lipinski definition) is 0. The van der Waals surface area contributed by atoms with Crippen molar-refractivity contribution in [2.75, 3.05) is 0 Å². The van der Waals surface area contributed by atoms with E-state index in [2.05, 4.69) is 43.0 Å². The molecule has 1 nitrogen and oxygen atoms in total. The Morgan fingerprint density at radius 2 is 1.53 bits per heavy atom. The number of benzene rings is 3. The van der Waals surface area contributed by atoms with Gasteiger partial charge < -0.3 is 4.74 Å². The van der Waals surface area contributed by atoms with Crippen LogP contribution in [0.3, 0.4) is 0 Å². The van der Waals surface area contributed by atoms with Crippen LogP contribution in [0.4, 0.5) is 0 Å². The summed E-state index contributed by atoms with van der Waals surface area (Å²) in [6.07, 6.45) is 1.46. The first-order valence-corrected chi connectivity index (χ1v) is 5.57. The predicted octanol–water partition coefficient (Wildman–Crippen LogP) is 4.52. The van der Waals surface area contributed by atoms with Crippen molar-refractivity contribution >= 4 is 21.5 Å². The normalized spacial score (nSPS) is 10.6. The molecule has 0 radical (unpaired) electrons. The second-order valence-electron chi connectivity index (χ2n) is 3.96. The zero-order chi connectivity index (χ0) is 11.7. The zero-order valence-electron chi connectivity index (χ0n) is 9.39. The molecule has 17 heavy (non-hydrogen) atoms. The molecule has 0 bridgehead atoms. The van der Waals surface area contributed by atoms with E-state index in [4.69, 9.17) is 4.74 Å². The van der Waals surface area contributed by atoms with Gasteiger partial charge in [-0.2, -0.15) is 0 Å². The molecular weight excluding hydrogens is 208 g/mol. The molecule has 0 aliphatic rings. The molecule has 0 atom stereocenters. The lowest BCUT2D eigenvalue weighted by molar-refractivity contribution is 0.489. The van der Waals surface area contributed by atoms with Crippen LogP contribution < -0.4 is 4.74 Å². The topological polar surface area (TPSA) is 9.23 Å². The average Bonchev–Trinajstić information content (AvgIpc) is 2.37. The molecule has 0 unspecified atom stereocenters. The van der Waals surface area contributed by atoms with E-state index < -0.39 is 0 Å². The van der Waals surface area contributed by atoms with Gasteiger partial charge in [0, 0.05) is 5.39 Å². The number of hydrogen-bond acceptors (Lipinski definition) is 1. The summed E-state index contributed by atoms with van der Waals surface area (Å²) in [4.78, 5) is 0. The first-order chi connectivity index (χ1) is 8.38. The number of ether oxygens (including phenoxy) is 1. The van der Waals surface area contributed by atoms with Crippen LogP contribution in [0, 0.1) is 0 Å². The number of rotatable bonds is 2. The van der Waals surface area contributed by atoms with Crippen molar-refractivity contribution in [3.8, 4) is 5.75 Å². The fourth-order valence-electron chi connectivity index (χ4n) is 2.13. The fourth-order valence-corrected chi connectivity index (χ4v) is 2.13. The van der Waals surface area contributed by atoms with E-state index in [9.17, 15) is 0 Å². The zero-order valence-corrected chi connectivity index (χ0v) is 9.39. The van der Waals surface area contributed by atoms with E-state index >= 15 is 0 Å². The van der Waals surface area contributed by atoms with Gasteiger partial charge in [0.05, 0.1) is 6.26 Å². The van der Waals surface area contributed by atoms with Gasteiger partial charge in [0.2, 0.25) is 0 Å². The fraction of sp³-hybridized carbons (Fsp3) is 0. The van der Waals surface area contributed by atoms with Crippen molar-refractivity contribution in [2.45, 2.75) is 0 Å². The Kier molecular flexibility index (Phi) is 2.30. The van der Waals surface area contributed by atoms with Crippen LogP contribution in [0.25, 0.3) is 21.5 Å². The summed E-state index contributed by atoms with van der Waals surface area (Å²) in [7, 11) is 0. The largest absolute Gasteiger partial charge is 0.465 e. The molecule has 0 saturated carbocycles. The van der Waals surface area contributed by atoms with E-state index in [1.54, 1.807) is 0 Å². The summed E-state index contributed by atoms with van der Waals surface area (Å²) in [5.74, 6) is 0.850. The minimum atomic E-state index is 0.850. The quantitative estimate of drug-likeness (QED) is 0.456. The summed E-state index contributed by atoms with van der Waals surface area (Å²) < 4.78 is 5.43. The lowest BCUT2D eigenvalue weighted by Crippen LogP contribution is -1.83. The van der Waals surface area contributed by atoms with Crippen molar-refractivity contribution in [1.82, 2.24) is 0 Å². The maximum atomic E-state index is 5.43. The molecule has 3 aromatic rings. The van der Waals surface area contributed by atoms with Crippen molar-refractivity contribution < 1.29 is 4.74 Å². The summed E-state index contributed by atoms with van der Waals surface area (Å²) in [5.41, 5.74) is 0. The molecule has 0 spiro atoms. The van der Waals surface area contributed by atoms with E-state index in [0.717, 1.165) is 11.1 Å². The SMILES string of the molecule is C=COc1cccc2cc3ccccc3cc12. The van der Waals surface area contributed by atoms with Gasteiger partial charge in [-0.15, -0.1) is 0 Å². The predicted molar refractivity (Wildman–Crippen MR) is 72.3 cm³/mol. The second kappa shape index (κ2) is 3.95. The van der Waals surface area contributed by atoms with E-state index in [1.165, 1.54) is 22.4 Å². The third-order valence-corrected chi connectivity index (χ3v) is 2.92. The maximum Gasteiger partial charge on any atom is 0.134 e. The molecular formula is C16H12O. The Bertz CT molecular complexity index is 698. The molecule has 0 aromatic heterocycles. The van der Waals surface area contributed by atoms with Gasteiger partial charge in [-0.05, 0) is 34.4 Å². The minimum absolute atomic E-state index is 0.850. The number of fused-ring (bicyclic) bond motifs is 2. The van der Waals surface area contributed by atoms with Gasteiger partial charge in [-0.1, -0.05) is 43.0 Å². The van der Waals surface area contributed by atoms with E-state index in [1.807, 2.05) is 18.2 Å². The van der Waals surface area contributed by atoms with Gasteiger partial charge in [0.1, 0.15) is 5.75 Å². The summed E-state index contributed by atoms with van der Waals surface area (Å²) in [6, 6.07) is 18.7. The van der Waals surface area contributed by atoms with E-state index in [-0.39, 0.29) is 0 Å². The van der Waals surface area contributed by atoms with Crippen LogP contribution in [0.2, 0.25) is 0 Å². The molecule has 0 aliphatic heterocycles. The third-order valence-electron chi connectivity index (χ3n) is 2.92. The third kappa shape index (κ3) is 1.66. The minimum Gasteiger partial charge on any atom is -0.465 e. The van der Waals surface area contributed by atoms with Gasteiger partial charge in [0.25, 0.3) is 0 Å². The molecule has 0 heterocycles. The van der Waals surface area contributed by atoms with Crippen LogP contribution in [-0.4, -0.2) is 0 Å². The van der Waals surface area contributed by atoms with Crippen LogP contribution in [0.1, 0.15) is 0 Å². The van der Waals surface area contributed by atoms with Crippen molar-refractivity contribution in [3.63, 3.8) is 0 Å². The summed E-state index contributed by atoms with van der Waals surface area (Å²) in [6.45, 7) is 3.60.